The highest BCUT2D eigenvalue weighted by Gasteiger charge is 2.33. The summed E-state index contributed by atoms with van der Waals surface area (Å²) < 4.78 is 12.5. The molecule has 2 aromatic heterocycles. The number of morpholine rings is 2. The van der Waals surface area contributed by atoms with Crippen molar-refractivity contribution in [2.24, 2.45) is 0 Å². The fourth-order valence-electron chi connectivity index (χ4n) is 4.01. The van der Waals surface area contributed by atoms with Crippen LogP contribution in [0.15, 0.2) is 36.5 Å². The van der Waals surface area contributed by atoms with Crippen LogP contribution in [0.2, 0.25) is 0 Å². The fourth-order valence-corrected chi connectivity index (χ4v) is 5.23. The Kier molecular flexibility index (Phi) is 5.24. The van der Waals surface area contributed by atoms with E-state index in [1.54, 1.807) is 17.2 Å². The fraction of sp³-hybridized carbons (Fsp3) is 0.381. The summed E-state index contributed by atoms with van der Waals surface area (Å²) in [6, 6.07) is 9.66. The molecule has 9 heteroatoms. The molecule has 0 spiro atoms. The van der Waals surface area contributed by atoms with E-state index < -0.39 is 0 Å². The van der Waals surface area contributed by atoms with Crippen LogP contribution in [0, 0.1) is 0 Å². The van der Waals surface area contributed by atoms with E-state index in [4.69, 9.17) is 9.47 Å². The molecule has 2 amide bonds. The largest absolute Gasteiger partial charge is 0.378 e. The number of hydrogen-bond acceptors (Lipinski definition) is 6. The summed E-state index contributed by atoms with van der Waals surface area (Å²) in [4.78, 5) is 30.5. The zero-order valence-electron chi connectivity index (χ0n) is 16.4. The highest BCUT2D eigenvalue weighted by atomic mass is 32.1. The molecule has 1 N–H and O–H groups in total. The lowest BCUT2D eigenvalue weighted by molar-refractivity contribution is -0.0227. The highest BCUT2D eigenvalue weighted by molar-refractivity contribution is 7.21. The second-order valence-corrected chi connectivity index (χ2v) is 8.38. The number of aromatic amines is 1. The lowest BCUT2D eigenvalue weighted by atomic mass is 10.0. The van der Waals surface area contributed by atoms with E-state index in [2.05, 4.69) is 10.2 Å². The number of rotatable bonds is 3. The van der Waals surface area contributed by atoms with Gasteiger partial charge >= 0.3 is 0 Å². The molecule has 0 aliphatic carbocycles. The quantitative estimate of drug-likeness (QED) is 0.695. The van der Waals surface area contributed by atoms with Gasteiger partial charge in [-0.25, -0.2) is 0 Å². The number of carbonyl (C=O) groups excluding carboxylic acids is 2. The summed E-state index contributed by atoms with van der Waals surface area (Å²) in [6.45, 7) is 3.59. The lowest BCUT2D eigenvalue weighted by Gasteiger charge is -2.33. The molecular formula is C21H22N4O4S. The van der Waals surface area contributed by atoms with Crippen molar-refractivity contribution in [2.75, 3.05) is 46.0 Å². The normalized spacial score (nSPS) is 19.9. The van der Waals surface area contributed by atoms with Crippen molar-refractivity contribution in [3.63, 3.8) is 0 Å². The number of thiophene rings is 1. The van der Waals surface area contributed by atoms with Gasteiger partial charge in [0, 0.05) is 36.1 Å². The van der Waals surface area contributed by atoms with Crippen molar-refractivity contribution in [2.45, 2.75) is 6.10 Å². The molecule has 156 valence electrons. The van der Waals surface area contributed by atoms with E-state index in [1.807, 2.05) is 29.2 Å². The van der Waals surface area contributed by atoms with E-state index >= 15 is 0 Å². The third-order valence-corrected chi connectivity index (χ3v) is 6.71. The first-order valence-corrected chi connectivity index (χ1v) is 10.8. The molecule has 0 radical (unpaired) electrons. The average molecular weight is 426 g/mol. The van der Waals surface area contributed by atoms with Crippen molar-refractivity contribution in [1.82, 2.24) is 20.0 Å². The van der Waals surface area contributed by atoms with Crippen molar-refractivity contribution >= 4 is 33.2 Å². The summed E-state index contributed by atoms with van der Waals surface area (Å²) in [7, 11) is 0. The van der Waals surface area contributed by atoms with E-state index in [1.165, 1.54) is 11.3 Å². The first-order valence-electron chi connectivity index (χ1n) is 10.0. The lowest BCUT2D eigenvalue weighted by Crippen LogP contribution is -2.43. The molecule has 3 aromatic rings. The van der Waals surface area contributed by atoms with Crippen molar-refractivity contribution in [3.8, 4) is 0 Å². The number of H-pyrrole nitrogens is 1. The van der Waals surface area contributed by atoms with Crippen LogP contribution in [0.4, 0.5) is 0 Å². The van der Waals surface area contributed by atoms with E-state index in [0.29, 0.717) is 56.6 Å². The number of fused-ring (bicyclic) bond motifs is 1. The van der Waals surface area contributed by atoms with Gasteiger partial charge in [0.25, 0.3) is 11.8 Å². The molecule has 5 rings (SSSR count). The zero-order chi connectivity index (χ0) is 20.5. The number of aromatic nitrogens is 2. The van der Waals surface area contributed by atoms with Gasteiger partial charge in [-0.2, -0.15) is 5.10 Å². The highest BCUT2D eigenvalue weighted by Crippen LogP contribution is 2.39. The van der Waals surface area contributed by atoms with Gasteiger partial charge in [-0.05, 0) is 17.5 Å². The Labute approximate surface area is 177 Å². The van der Waals surface area contributed by atoms with Gasteiger partial charge in [0.2, 0.25) is 0 Å². The van der Waals surface area contributed by atoms with E-state index in [9.17, 15) is 9.59 Å². The minimum atomic E-state index is -0.359. The van der Waals surface area contributed by atoms with Crippen molar-refractivity contribution < 1.29 is 19.1 Å². The topological polar surface area (TPSA) is 87.8 Å². The smallest absolute Gasteiger partial charge is 0.272 e. The van der Waals surface area contributed by atoms with Gasteiger partial charge in [0.1, 0.15) is 11.8 Å². The second kappa shape index (κ2) is 8.17. The minimum absolute atomic E-state index is 0.00937. The molecule has 8 nitrogen and oxygen atoms in total. The van der Waals surface area contributed by atoms with Gasteiger partial charge in [-0.3, -0.25) is 14.7 Å². The summed E-state index contributed by atoms with van der Waals surface area (Å²) in [5, 5.41) is 7.62. The second-order valence-electron chi connectivity index (χ2n) is 7.33. The number of hydrogen-bond donors (Lipinski definition) is 1. The average Bonchev–Trinajstić information content (AvgIpc) is 3.47. The molecule has 0 bridgehead atoms. The Morgan fingerprint density at radius 1 is 1.03 bits per heavy atom. The van der Waals surface area contributed by atoms with Crippen LogP contribution in [0.5, 0.6) is 0 Å². The van der Waals surface area contributed by atoms with Crippen LogP contribution in [0.25, 0.3) is 10.1 Å². The maximum atomic E-state index is 13.4. The third kappa shape index (κ3) is 3.49. The Morgan fingerprint density at radius 2 is 1.83 bits per heavy atom. The molecule has 1 aromatic carbocycles. The Balaban J connectivity index is 1.49. The Hall–Kier alpha value is -2.75. The van der Waals surface area contributed by atoms with Crippen molar-refractivity contribution in [3.05, 3.63) is 52.7 Å². The molecule has 0 unspecified atom stereocenters. The molecule has 2 fully saturated rings. The van der Waals surface area contributed by atoms with E-state index in [0.717, 1.165) is 15.6 Å². The summed E-state index contributed by atoms with van der Waals surface area (Å²) >= 11 is 1.50. The first-order chi connectivity index (χ1) is 14.7. The van der Waals surface area contributed by atoms with Crippen LogP contribution in [0.1, 0.15) is 31.8 Å². The Morgan fingerprint density at radius 3 is 2.63 bits per heavy atom. The number of ether oxygens (including phenoxy) is 2. The van der Waals surface area contributed by atoms with Gasteiger partial charge in [-0.15, -0.1) is 11.3 Å². The molecule has 2 saturated heterocycles. The maximum Gasteiger partial charge on any atom is 0.272 e. The van der Waals surface area contributed by atoms with Crippen LogP contribution in [-0.2, 0) is 9.47 Å². The van der Waals surface area contributed by atoms with Gasteiger partial charge in [-0.1, -0.05) is 18.2 Å². The number of amides is 2. The third-order valence-electron chi connectivity index (χ3n) is 5.53. The SMILES string of the molecule is O=C(c1ccn[nH]1)N1CCO[C@@H](c2c(C(=O)N3CCOCC3)sc3ccccc23)C1. The van der Waals surface area contributed by atoms with Crippen LogP contribution < -0.4 is 0 Å². The first kappa shape index (κ1) is 19.2. The predicted molar refractivity (Wildman–Crippen MR) is 112 cm³/mol. The standard InChI is InChI=1S/C21H22N4O4S/c26-20(15-5-6-22-23-15)25-9-12-29-16(13-25)18-14-3-1-2-4-17(14)30-19(18)21(27)24-7-10-28-11-8-24/h1-6,16H,7-13H2,(H,22,23)/t16-/m1/s1. The van der Waals surface area contributed by atoms with Crippen molar-refractivity contribution in [1.29, 1.82) is 0 Å². The summed E-state index contributed by atoms with van der Waals surface area (Å²) in [5.41, 5.74) is 1.34. The monoisotopic (exact) mass is 426 g/mol. The maximum absolute atomic E-state index is 13.4. The number of carbonyl (C=O) groups is 2. The zero-order valence-corrected chi connectivity index (χ0v) is 17.2. The molecule has 30 heavy (non-hydrogen) atoms. The van der Waals surface area contributed by atoms with Gasteiger partial charge in [0.15, 0.2) is 0 Å². The van der Waals surface area contributed by atoms with Crippen LogP contribution in [0.3, 0.4) is 0 Å². The summed E-state index contributed by atoms with van der Waals surface area (Å²) in [6.07, 6.45) is 1.21. The number of nitrogens with one attached hydrogen (secondary N) is 1. The van der Waals surface area contributed by atoms with Crippen LogP contribution >= 0.6 is 11.3 Å². The molecule has 1 atom stereocenters. The van der Waals surface area contributed by atoms with Crippen LogP contribution in [-0.4, -0.2) is 77.8 Å². The summed E-state index contributed by atoms with van der Waals surface area (Å²) in [5.74, 6) is -0.100. The molecular weight excluding hydrogens is 404 g/mol. The van der Waals surface area contributed by atoms with E-state index in [-0.39, 0.29) is 17.9 Å². The molecule has 4 heterocycles. The van der Waals surface area contributed by atoms with Gasteiger partial charge < -0.3 is 19.3 Å². The predicted octanol–water partition coefficient (Wildman–Crippen LogP) is 2.31. The minimum Gasteiger partial charge on any atom is -0.378 e. The molecule has 2 aliphatic heterocycles. The Bertz CT molecular complexity index is 1060. The number of benzene rings is 1. The number of nitrogens with zero attached hydrogens (tertiary/aromatic N) is 3. The molecule has 0 saturated carbocycles. The van der Waals surface area contributed by atoms with Gasteiger partial charge in [0.05, 0.1) is 31.2 Å². The molecule has 2 aliphatic rings.